The van der Waals surface area contributed by atoms with Crippen molar-refractivity contribution in [3.8, 4) is 5.75 Å². The summed E-state index contributed by atoms with van der Waals surface area (Å²) < 4.78 is 49.9. The molecule has 1 unspecified atom stereocenters. The maximum atomic E-state index is 14.9. The summed E-state index contributed by atoms with van der Waals surface area (Å²) in [6.45, 7) is 6.08. The van der Waals surface area contributed by atoms with Crippen LogP contribution < -0.4 is 15.5 Å². The topological polar surface area (TPSA) is 92.6 Å². The van der Waals surface area contributed by atoms with Crippen LogP contribution in [-0.4, -0.2) is 49.9 Å². The van der Waals surface area contributed by atoms with Gasteiger partial charge in [-0.05, 0) is 29.3 Å². The molecule has 198 valence electrons. The molecule has 0 aliphatic carbocycles. The lowest BCUT2D eigenvalue weighted by atomic mass is 9.96. The number of carbonyl (C=O) groups excluding carboxylic acids is 2. The molecule has 0 aliphatic rings. The fourth-order valence-electron chi connectivity index (χ4n) is 3.76. The Morgan fingerprint density at radius 2 is 1.76 bits per heavy atom. The van der Waals surface area contributed by atoms with Crippen molar-refractivity contribution in [2.45, 2.75) is 44.9 Å². The van der Waals surface area contributed by atoms with E-state index in [4.69, 9.17) is 9.26 Å². The molecular weight excluding hydrogens is 505 g/mol. The van der Waals surface area contributed by atoms with Crippen LogP contribution in [0.1, 0.15) is 34.1 Å². The van der Waals surface area contributed by atoms with Crippen LogP contribution in [0.2, 0.25) is 19.6 Å². The molecule has 2 aromatic carbocycles. The molecule has 11 heteroatoms. The second-order valence-corrected chi connectivity index (χ2v) is 14.8. The Hall–Kier alpha value is -3.60. The van der Waals surface area contributed by atoms with Gasteiger partial charge in [-0.15, -0.1) is 0 Å². The maximum Gasteiger partial charge on any atom is 0.293 e. The highest BCUT2D eigenvalue weighted by atomic mass is 28.3. The number of ether oxygens (including phenoxy) is 1. The van der Waals surface area contributed by atoms with E-state index in [1.165, 1.54) is 37.4 Å². The van der Waals surface area contributed by atoms with Gasteiger partial charge in [0.05, 0.1) is 20.7 Å². The van der Waals surface area contributed by atoms with Crippen molar-refractivity contribution in [3.05, 3.63) is 81.6 Å². The van der Waals surface area contributed by atoms with Crippen molar-refractivity contribution in [3.63, 3.8) is 0 Å². The fraction of sp³-hybridized carbons (Fsp3) is 0.346. The van der Waals surface area contributed by atoms with Crippen LogP contribution in [0.4, 0.5) is 13.2 Å². The number of hydrogen-bond donors (Lipinski definition) is 1. The van der Waals surface area contributed by atoms with Gasteiger partial charge in [0.25, 0.3) is 11.5 Å². The fourth-order valence-corrected chi connectivity index (χ4v) is 4.90. The van der Waals surface area contributed by atoms with Gasteiger partial charge in [0.1, 0.15) is 17.6 Å². The van der Waals surface area contributed by atoms with Gasteiger partial charge >= 0.3 is 0 Å². The Balaban J connectivity index is 1.90. The monoisotopic (exact) mass is 534 g/mol. The highest BCUT2D eigenvalue weighted by molar-refractivity contribution is 6.88. The summed E-state index contributed by atoms with van der Waals surface area (Å²) in [6.07, 6.45) is -3.21. The molecule has 1 aromatic heterocycles. The predicted octanol–water partition coefficient (Wildman–Crippen LogP) is 4.31. The van der Waals surface area contributed by atoms with Crippen LogP contribution in [0, 0.1) is 5.82 Å². The number of H-pyrrole nitrogens is 1. The second-order valence-electron chi connectivity index (χ2n) is 9.69. The smallest absolute Gasteiger partial charge is 0.293 e. The first-order chi connectivity index (χ1) is 17.4. The van der Waals surface area contributed by atoms with E-state index in [1.54, 1.807) is 6.07 Å². The molecule has 0 aliphatic heterocycles. The van der Waals surface area contributed by atoms with Gasteiger partial charge in [0.2, 0.25) is 12.2 Å². The van der Waals surface area contributed by atoms with Gasteiger partial charge in [-0.3, -0.25) is 14.4 Å². The van der Waals surface area contributed by atoms with Crippen molar-refractivity contribution in [1.82, 2.24) is 10.1 Å². The first kappa shape index (κ1) is 28.0. The molecule has 3 aromatic rings. The van der Waals surface area contributed by atoms with Crippen molar-refractivity contribution < 1.29 is 32.0 Å². The molecule has 37 heavy (non-hydrogen) atoms. The number of benzene rings is 2. The van der Waals surface area contributed by atoms with Crippen LogP contribution in [0.25, 0.3) is 0 Å². The van der Waals surface area contributed by atoms with Gasteiger partial charge in [-0.25, -0.2) is 13.2 Å². The number of nitrogens with one attached hydrogen (secondary N) is 1. The van der Waals surface area contributed by atoms with Gasteiger partial charge < -0.3 is 14.2 Å². The number of aromatic nitrogens is 1. The molecule has 1 heterocycles. The van der Waals surface area contributed by atoms with Crippen LogP contribution in [0.5, 0.6) is 5.75 Å². The van der Waals surface area contributed by atoms with Crippen molar-refractivity contribution in [1.29, 1.82) is 0 Å². The number of halogens is 3. The zero-order valence-electron chi connectivity index (χ0n) is 21.0. The molecule has 0 fully saturated rings. The minimum absolute atomic E-state index is 0.184. The molecule has 0 bridgehead atoms. The lowest BCUT2D eigenvalue weighted by Crippen LogP contribution is -2.38. The molecular formula is C26H29F3N2O5Si. The normalized spacial score (nSPS) is 12.4. The second kappa shape index (κ2) is 11.6. The summed E-state index contributed by atoms with van der Waals surface area (Å²) in [4.78, 5) is 39.0. The number of alkyl halides is 2. The summed E-state index contributed by atoms with van der Waals surface area (Å²) in [5, 5.41) is 2.94. The highest BCUT2D eigenvalue weighted by Gasteiger charge is 2.31. The zero-order valence-corrected chi connectivity index (χ0v) is 22.0. The Morgan fingerprint density at radius 3 is 2.30 bits per heavy atom. The molecule has 0 radical (unpaired) electrons. The lowest BCUT2D eigenvalue weighted by Gasteiger charge is -2.27. The Bertz CT molecular complexity index is 1300. The van der Waals surface area contributed by atoms with Crippen molar-refractivity contribution >= 4 is 25.0 Å². The molecule has 1 atom stereocenters. The third-order valence-corrected chi connectivity index (χ3v) is 7.87. The van der Waals surface area contributed by atoms with E-state index in [9.17, 15) is 27.6 Å². The minimum atomic E-state index is -2.49. The molecule has 3 rings (SSSR count). The van der Waals surface area contributed by atoms with E-state index in [2.05, 4.69) is 19.6 Å². The van der Waals surface area contributed by atoms with Crippen LogP contribution >= 0.6 is 0 Å². The van der Waals surface area contributed by atoms with Crippen LogP contribution in [0.15, 0.2) is 57.8 Å². The van der Waals surface area contributed by atoms with Gasteiger partial charge in [-0.2, -0.15) is 5.16 Å². The van der Waals surface area contributed by atoms with Crippen LogP contribution in [0.3, 0.4) is 0 Å². The largest absolute Gasteiger partial charge is 0.493 e. The SMILES string of the molecule is CN(C(=O)c1cc(=O)[nH]o1)C(C(=O)Cc1ccc([Si](C)(C)C)cc1F)c1ccc(OCCC(F)F)cc1. The minimum Gasteiger partial charge on any atom is -0.493 e. The van der Waals surface area contributed by atoms with E-state index in [0.717, 1.165) is 16.2 Å². The first-order valence-corrected chi connectivity index (χ1v) is 15.1. The average Bonchev–Trinajstić information content (AvgIpc) is 3.26. The molecule has 0 saturated carbocycles. The number of ketones is 1. The van der Waals surface area contributed by atoms with E-state index in [-0.39, 0.29) is 24.4 Å². The number of likely N-dealkylation sites (N-methyl/N-ethyl adjacent to an activating group) is 1. The standard InChI is InChI=1S/C26H29F3N2O5Si/c1-31(26(34)22-15-24(33)30-36-22)25(16-5-8-18(9-6-16)35-12-11-23(28)29)21(32)13-17-7-10-19(14-20(17)27)37(2,3)4/h5-10,14-15,23,25H,11-13H2,1-4H3,(H,30,33). The van der Waals surface area contributed by atoms with E-state index in [0.29, 0.717) is 11.3 Å². The van der Waals surface area contributed by atoms with Crippen molar-refractivity contribution in [2.75, 3.05) is 13.7 Å². The number of hydrogen-bond acceptors (Lipinski definition) is 5. The number of aromatic amines is 1. The van der Waals surface area contributed by atoms with E-state index >= 15 is 0 Å². The third-order valence-electron chi connectivity index (χ3n) is 5.83. The number of amides is 1. The van der Waals surface area contributed by atoms with Gasteiger partial charge in [0, 0.05) is 19.9 Å². The number of carbonyl (C=O) groups is 2. The van der Waals surface area contributed by atoms with Crippen LogP contribution in [-0.2, 0) is 11.2 Å². The molecule has 1 N–H and O–H groups in total. The molecule has 1 amide bonds. The predicted molar refractivity (Wildman–Crippen MR) is 135 cm³/mol. The molecule has 7 nitrogen and oxygen atoms in total. The van der Waals surface area contributed by atoms with E-state index < -0.39 is 50.0 Å². The Kier molecular flexibility index (Phi) is 8.80. The molecule has 0 spiro atoms. The number of rotatable bonds is 11. The third kappa shape index (κ3) is 7.22. The quantitative estimate of drug-likeness (QED) is 0.370. The summed E-state index contributed by atoms with van der Waals surface area (Å²) >= 11 is 0. The zero-order chi connectivity index (χ0) is 27.3. The van der Waals surface area contributed by atoms with Gasteiger partial charge in [0.15, 0.2) is 5.78 Å². The Labute approximate surface area is 213 Å². The van der Waals surface area contributed by atoms with E-state index in [1.807, 2.05) is 11.2 Å². The Morgan fingerprint density at radius 1 is 1.08 bits per heavy atom. The summed E-state index contributed by atoms with van der Waals surface area (Å²) in [7, 11) is -0.391. The summed E-state index contributed by atoms with van der Waals surface area (Å²) in [6, 6.07) is 10.7. The number of Topliss-reactive ketones (excluding diaryl/α,β-unsaturated/α-hetero) is 1. The average molecular weight is 535 g/mol. The molecule has 0 saturated heterocycles. The first-order valence-electron chi connectivity index (χ1n) is 11.6. The highest BCUT2D eigenvalue weighted by Crippen LogP contribution is 2.27. The number of nitrogens with zero attached hydrogens (tertiary/aromatic N) is 1. The maximum absolute atomic E-state index is 14.9. The van der Waals surface area contributed by atoms with Crippen molar-refractivity contribution in [2.24, 2.45) is 0 Å². The summed E-state index contributed by atoms with van der Waals surface area (Å²) in [5.74, 6) is -1.68. The summed E-state index contributed by atoms with van der Waals surface area (Å²) in [5.41, 5.74) is -0.0356. The lowest BCUT2D eigenvalue weighted by molar-refractivity contribution is -0.122. The van der Waals surface area contributed by atoms with Gasteiger partial charge in [-0.1, -0.05) is 49.1 Å².